The molecule has 160 valence electrons. The van der Waals surface area contributed by atoms with Gasteiger partial charge in [0.15, 0.2) is 5.84 Å². The van der Waals surface area contributed by atoms with E-state index >= 15 is 0 Å². The molecule has 0 aliphatic carbocycles. The Labute approximate surface area is 170 Å². The van der Waals surface area contributed by atoms with Crippen molar-refractivity contribution in [3.8, 4) is 0 Å². The molecule has 1 aliphatic heterocycles. The minimum Gasteiger partial charge on any atom is -0.409 e. The van der Waals surface area contributed by atoms with Gasteiger partial charge in [-0.05, 0) is 31.7 Å². The molecule has 1 aliphatic rings. The number of benzene rings is 1. The van der Waals surface area contributed by atoms with Gasteiger partial charge in [-0.2, -0.15) is 4.89 Å². The highest BCUT2D eigenvalue weighted by molar-refractivity contribution is 5.96. The number of hydrogen-bond donors (Lipinski definition) is 2. The molecule has 1 aromatic carbocycles. The van der Waals surface area contributed by atoms with Gasteiger partial charge in [-0.1, -0.05) is 36.3 Å². The van der Waals surface area contributed by atoms with Gasteiger partial charge >= 0.3 is 5.97 Å². The van der Waals surface area contributed by atoms with Crippen LogP contribution in [-0.4, -0.2) is 53.1 Å². The summed E-state index contributed by atoms with van der Waals surface area (Å²) < 4.78 is 5.70. The van der Waals surface area contributed by atoms with E-state index in [0.29, 0.717) is 44.3 Å². The van der Waals surface area contributed by atoms with Crippen LogP contribution >= 0.6 is 0 Å². The van der Waals surface area contributed by atoms with Gasteiger partial charge in [0.1, 0.15) is 12.2 Å². The lowest BCUT2D eigenvalue weighted by atomic mass is 10.1. The molecule has 1 atom stereocenters. The molecule has 1 fully saturated rings. The Morgan fingerprint density at radius 1 is 1.28 bits per heavy atom. The summed E-state index contributed by atoms with van der Waals surface area (Å²) in [5.74, 6) is -0.416. The Balaban J connectivity index is 1.73. The van der Waals surface area contributed by atoms with Crippen LogP contribution in [0, 0.1) is 0 Å². The molecule has 1 heterocycles. The summed E-state index contributed by atoms with van der Waals surface area (Å²) in [5, 5.41) is 11.6. The Morgan fingerprint density at radius 3 is 2.52 bits per heavy atom. The van der Waals surface area contributed by atoms with Crippen molar-refractivity contribution in [3.63, 3.8) is 0 Å². The van der Waals surface area contributed by atoms with E-state index in [4.69, 9.17) is 25.5 Å². The minimum atomic E-state index is -0.585. The third kappa shape index (κ3) is 7.03. The van der Waals surface area contributed by atoms with Crippen LogP contribution in [0.15, 0.2) is 29.4 Å². The summed E-state index contributed by atoms with van der Waals surface area (Å²) >= 11 is 0. The molecule has 1 aromatic rings. The highest BCUT2D eigenvalue weighted by atomic mass is 17.2. The van der Waals surface area contributed by atoms with Gasteiger partial charge in [0.05, 0.1) is 6.61 Å². The number of oxime groups is 1. The first-order valence-corrected chi connectivity index (χ1v) is 9.78. The number of carbonyl (C=O) groups excluding carboxylic acids is 2. The third-order valence-corrected chi connectivity index (χ3v) is 4.69. The Kier molecular flexibility index (Phi) is 8.88. The zero-order valence-corrected chi connectivity index (χ0v) is 16.9. The van der Waals surface area contributed by atoms with Crippen LogP contribution in [0.5, 0.6) is 0 Å². The average Bonchev–Trinajstić information content (AvgIpc) is 2.76. The molecule has 0 spiro atoms. The first kappa shape index (κ1) is 22.6. The number of likely N-dealkylation sites (tertiary alicyclic amines) is 1. The second kappa shape index (κ2) is 11.4. The summed E-state index contributed by atoms with van der Waals surface area (Å²) in [7, 11) is 0. The monoisotopic (exact) mass is 407 g/mol. The standard InChI is InChI=1S/C20H29N3O6/c1-3-4-18(24)29-28-17-9-11-23(12-10-17)20(25)14(2)27-13-15-5-7-16(8-6-15)19(21)22-26/h5-8,14,17,26H,3-4,9-13H2,1-2H3,(H2,21,22). The van der Waals surface area contributed by atoms with E-state index in [1.165, 1.54) is 0 Å². The molecule has 3 N–H and O–H groups in total. The highest BCUT2D eigenvalue weighted by Gasteiger charge is 2.28. The fourth-order valence-electron chi connectivity index (χ4n) is 2.92. The first-order chi connectivity index (χ1) is 13.9. The van der Waals surface area contributed by atoms with Crippen LogP contribution in [-0.2, 0) is 30.7 Å². The normalized spacial score (nSPS) is 16.5. The predicted octanol–water partition coefficient (Wildman–Crippen LogP) is 1.95. The second-order valence-corrected chi connectivity index (χ2v) is 6.96. The van der Waals surface area contributed by atoms with Gasteiger partial charge in [0, 0.05) is 25.1 Å². The van der Waals surface area contributed by atoms with Gasteiger partial charge < -0.3 is 20.6 Å². The van der Waals surface area contributed by atoms with Crippen molar-refractivity contribution in [2.75, 3.05) is 13.1 Å². The maximum Gasteiger partial charge on any atom is 0.342 e. The summed E-state index contributed by atoms with van der Waals surface area (Å²) in [6, 6.07) is 7.04. The van der Waals surface area contributed by atoms with Gasteiger partial charge in [0.2, 0.25) is 0 Å². The number of nitrogens with two attached hydrogens (primary N) is 1. The van der Waals surface area contributed by atoms with Crippen LogP contribution in [0.4, 0.5) is 0 Å². The molecule has 29 heavy (non-hydrogen) atoms. The largest absolute Gasteiger partial charge is 0.409 e. The van der Waals surface area contributed by atoms with Crippen molar-refractivity contribution in [3.05, 3.63) is 35.4 Å². The molecular weight excluding hydrogens is 378 g/mol. The van der Waals surface area contributed by atoms with E-state index in [1.54, 1.807) is 36.1 Å². The fourth-order valence-corrected chi connectivity index (χ4v) is 2.92. The number of carbonyl (C=O) groups is 2. The lowest BCUT2D eigenvalue weighted by Crippen LogP contribution is -2.45. The highest BCUT2D eigenvalue weighted by Crippen LogP contribution is 2.16. The van der Waals surface area contributed by atoms with Crippen LogP contribution in [0.3, 0.4) is 0 Å². The molecule has 9 nitrogen and oxygen atoms in total. The smallest absolute Gasteiger partial charge is 0.342 e. The van der Waals surface area contributed by atoms with E-state index in [2.05, 4.69) is 5.16 Å². The van der Waals surface area contributed by atoms with Crippen molar-refractivity contribution in [2.45, 2.75) is 58.3 Å². The predicted molar refractivity (Wildman–Crippen MR) is 105 cm³/mol. The first-order valence-electron chi connectivity index (χ1n) is 9.78. The van der Waals surface area contributed by atoms with Crippen molar-refractivity contribution in [1.82, 2.24) is 4.90 Å². The van der Waals surface area contributed by atoms with Gasteiger partial charge in [-0.15, -0.1) is 0 Å². The molecule has 0 aromatic heterocycles. The topological polar surface area (TPSA) is 124 Å². The molecule has 0 radical (unpaired) electrons. The van der Waals surface area contributed by atoms with Crippen molar-refractivity contribution in [1.29, 1.82) is 0 Å². The van der Waals surface area contributed by atoms with E-state index in [-0.39, 0.29) is 30.4 Å². The summed E-state index contributed by atoms with van der Waals surface area (Å²) in [6.45, 7) is 4.94. The quantitative estimate of drug-likeness (QED) is 0.211. The number of rotatable bonds is 9. The maximum absolute atomic E-state index is 12.6. The number of hydrogen-bond acceptors (Lipinski definition) is 7. The van der Waals surface area contributed by atoms with Crippen molar-refractivity contribution < 1.29 is 29.3 Å². The SMILES string of the molecule is CCCC(=O)OOC1CCN(C(=O)C(C)OCc2ccc(/C(N)=N/O)cc2)CC1. The molecule has 1 saturated heterocycles. The van der Waals surface area contributed by atoms with Crippen molar-refractivity contribution in [2.24, 2.45) is 10.9 Å². The number of nitrogens with zero attached hydrogens (tertiary/aromatic N) is 2. The molecule has 0 saturated carbocycles. The van der Waals surface area contributed by atoms with Gasteiger partial charge in [-0.3, -0.25) is 9.68 Å². The van der Waals surface area contributed by atoms with E-state index in [1.807, 2.05) is 6.92 Å². The molecule has 1 unspecified atom stereocenters. The zero-order valence-electron chi connectivity index (χ0n) is 16.9. The Morgan fingerprint density at radius 2 is 1.93 bits per heavy atom. The summed E-state index contributed by atoms with van der Waals surface area (Å²) in [6.07, 6.45) is 1.47. The van der Waals surface area contributed by atoms with Crippen LogP contribution in [0.25, 0.3) is 0 Å². The summed E-state index contributed by atoms with van der Waals surface area (Å²) in [5.41, 5.74) is 7.01. The maximum atomic E-state index is 12.6. The van der Waals surface area contributed by atoms with Crippen LogP contribution in [0.2, 0.25) is 0 Å². The molecule has 1 amide bonds. The lowest BCUT2D eigenvalue weighted by Gasteiger charge is -2.32. The van der Waals surface area contributed by atoms with Crippen LogP contribution < -0.4 is 5.73 Å². The third-order valence-electron chi connectivity index (χ3n) is 4.69. The summed E-state index contributed by atoms with van der Waals surface area (Å²) in [4.78, 5) is 35.6. The second-order valence-electron chi connectivity index (χ2n) is 6.96. The molecular formula is C20H29N3O6. The van der Waals surface area contributed by atoms with Crippen LogP contribution in [0.1, 0.15) is 50.7 Å². The number of piperidine rings is 1. The lowest BCUT2D eigenvalue weighted by molar-refractivity contribution is -0.303. The molecule has 9 heteroatoms. The van der Waals surface area contributed by atoms with Gasteiger partial charge in [0.25, 0.3) is 5.91 Å². The Hall–Kier alpha value is -2.65. The van der Waals surface area contributed by atoms with E-state index in [9.17, 15) is 9.59 Å². The number of amidine groups is 1. The molecule has 2 rings (SSSR count). The van der Waals surface area contributed by atoms with Gasteiger partial charge in [-0.25, -0.2) is 4.79 Å². The van der Waals surface area contributed by atoms with Crippen molar-refractivity contribution >= 4 is 17.7 Å². The average molecular weight is 407 g/mol. The van der Waals surface area contributed by atoms with E-state index in [0.717, 1.165) is 5.56 Å². The number of ether oxygens (including phenoxy) is 1. The fraction of sp³-hybridized carbons (Fsp3) is 0.550. The molecule has 0 bridgehead atoms. The number of amides is 1. The van der Waals surface area contributed by atoms with E-state index < -0.39 is 6.10 Å². The minimum absolute atomic E-state index is 0.0357. The zero-order chi connectivity index (χ0) is 21.2. The Bertz CT molecular complexity index is 699.